The summed E-state index contributed by atoms with van der Waals surface area (Å²) in [5.41, 5.74) is 0. The van der Waals surface area contributed by atoms with E-state index in [4.69, 9.17) is 9.53 Å². The average molecular weight is 423 g/mol. The molecule has 1 aliphatic carbocycles. The molecule has 0 unspecified atom stereocenters. The summed E-state index contributed by atoms with van der Waals surface area (Å²) in [6.07, 6.45) is 8.43. The van der Waals surface area contributed by atoms with E-state index < -0.39 is 14.3 Å². The normalized spacial score (nSPS) is 20.4. The molecule has 3 rings (SSSR count). The van der Waals surface area contributed by atoms with Crippen LogP contribution in [-0.2, 0) is 9.22 Å². The Balaban J connectivity index is 1.94. The van der Waals surface area contributed by atoms with Crippen molar-refractivity contribution in [2.75, 3.05) is 0 Å². The molecule has 0 aromatic heterocycles. The van der Waals surface area contributed by atoms with Gasteiger partial charge in [0.15, 0.2) is 0 Å². The van der Waals surface area contributed by atoms with Gasteiger partial charge in [0.1, 0.15) is 0 Å². The van der Waals surface area contributed by atoms with Gasteiger partial charge >= 0.3 is 5.97 Å². The molecule has 0 bridgehead atoms. The van der Waals surface area contributed by atoms with Crippen LogP contribution in [0.4, 0.5) is 0 Å². The summed E-state index contributed by atoms with van der Waals surface area (Å²) < 4.78 is 7.27. The first-order chi connectivity index (χ1) is 14.3. The van der Waals surface area contributed by atoms with Gasteiger partial charge in [-0.1, -0.05) is 93.9 Å². The van der Waals surface area contributed by atoms with Crippen LogP contribution in [0.5, 0.6) is 0 Å². The number of hydrogen-bond donors (Lipinski definition) is 1. The number of carbonyl (C=O) groups is 1. The van der Waals surface area contributed by atoms with Gasteiger partial charge in [-0.15, -0.1) is 0 Å². The molecule has 30 heavy (non-hydrogen) atoms. The van der Waals surface area contributed by atoms with E-state index in [0.717, 1.165) is 32.1 Å². The Labute approximate surface area is 181 Å². The number of aliphatic carboxylic acids is 1. The zero-order valence-corrected chi connectivity index (χ0v) is 19.4. The molecule has 3 nitrogen and oxygen atoms in total. The number of allylic oxidation sites excluding steroid dienone is 1. The molecule has 0 amide bonds. The maximum atomic E-state index is 10.8. The predicted octanol–water partition coefficient (Wildman–Crippen LogP) is 5.15. The van der Waals surface area contributed by atoms with E-state index in [0.29, 0.717) is 5.92 Å². The van der Waals surface area contributed by atoms with Gasteiger partial charge in [-0.2, -0.15) is 0 Å². The summed E-state index contributed by atoms with van der Waals surface area (Å²) in [6.45, 7) is 6.94. The summed E-state index contributed by atoms with van der Waals surface area (Å²) >= 11 is 0. The van der Waals surface area contributed by atoms with E-state index in [1.807, 2.05) is 0 Å². The average Bonchev–Trinajstić information content (AvgIpc) is 2.72. The monoisotopic (exact) mass is 422 g/mol. The first kappa shape index (κ1) is 22.5. The molecular weight excluding hydrogens is 388 g/mol. The summed E-state index contributed by atoms with van der Waals surface area (Å²) in [6, 6.07) is 21.6. The lowest BCUT2D eigenvalue weighted by atomic mass is 9.85. The van der Waals surface area contributed by atoms with Crippen molar-refractivity contribution in [3.05, 3.63) is 72.8 Å². The van der Waals surface area contributed by atoms with Crippen molar-refractivity contribution < 1.29 is 14.3 Å². The zero-order chi connectivity index (χ0) is 21.6. The van der Waals surface area contributed by atoms with Crippen LogP contribution in [0.1, 0.15) is 52.9 Å². The molecule has 0 saturated heterocycles. The van der Waals surface area contributed by atoms with Crippen LogP contribution in [0.15, 0.2) is 72.8 Å². The number of hydrogen-bond acceptors (Lipinski definition) is 2. The lowest BCUT2D eigenvalue weighted by Gasteiger charge is -2.46. The standard InChI is InChI=1S/C26H34O3Si/c1-26(2,3)30(23-15-6-4-7-16-23,24-17-8-5-9-18-24)29-22-14-10-12-21(20-22)13-11-19-25(27)28/h4-9,11,15-19,21-22H,10,12-14,20H2,1-3H3,(H,27,28)/b19-11+/t21-,22-/m1/s1. The number of carboxylic acids is 1. The second kappa shape index (κ2) is 9.76. The smallest absolute Gasteiger partial charge is 0.327 e. The minimum Gasteiger partial charge on any atom is -0.478 e. The Kier molecular flexibility index (Phi) is 7.32. The maximum absolute atomic E-state index is 10.8. The first-order valence-electron chi connectivity index (χ1n) is 11.0. The largest absolute Gasteiger partial charge is 0.478 e. The molecule has 0 radical (unpaired) electrons. The molecule has 0 spiro atoms. The number of rotatable bonds is 7. The minimum absolute atomic E-state index is 0.0220. The molecule has 1 aliphatic rings. The molecule has 160 valence electrons. The lowest BCUT2D eigenvalue weighted by Crippen LogP contribution is -2.67. The fourth-order valence-electron chi connectivity index (χ4n) is 4.87. The molecule has 2 aromatic rings. The molecule has 0 heterocycles. The highest BCUT2D eigenvalue weighted by molar-refractivity contribution is 6.99. The van der Waals surface area contributed by atoms with E-state index >= 15 is 0 Å². The van der Waals surface area contributed by atoms with Crippen molar-refractivity contribution in [2.24, 2.45) is 5.92 Å². The molecule has 1 saturated carbocycles. The third-order valence-electron chi connectivity index (χ3n) is 6.22. The Hall–Kier alpha value is -2.17. The highest BCUT2D eigenvalue weighted by Gasteiger charge is 2.51. The fraction of sp³-hybridized carbons (Fsp3) is 0.423. The Morgan fingerprint density at radius 1 is 1.03 bits per heavy atom. The van der Waals surface area contributed by atoms with Gasteiger partial charge in [-0.05, 0) is 47.0 Å². The van der Waals surface area contributed by atoms with Crippen LogP contribution >= 0.6 is 0 Å². The van der Waals surface area contributed by atoms with Crippen LogP contribution in [0.3, 0.4) is 0 Å². The molecule has 2 atom stereocenters. The van der Waals surface area contributed by atoms with E-state index in [9.17, 15) is 4.79 Å². The van der Waals surface area contributed by atoms with E-state index in [1.54, 1.807) is 6.08 Å². The van der Waals surface area contributed by atoms with Gasteiger partial charge in [0.05, 0.1) is 0 Å². The summed E-state index contributed by atoms with van der Waals surface area (Å²) in [4.78, 5) is 10.8. The Morgan fingerprint density at radius 2 is 1.60 bits per heavy atom. The number of benzene rings is 2. The van der Waals surface area contributed by atoms with Gasteiger partial charge in [-0.3, -0.25) is 0 Å². The summed E-state index contributed by atoms with van der Waals surface area (Å²) in [5.74, 6) is -0.386. The molecule has 1 fully saturated rings. The topological polar surface area (TPSA) is 46.5 Å². The SMILES string of the molecule is CC(C)(C)[Si](O[C@@H]1CCC[C@H](C/C=C/C(=O)O)C1)(c1ccccc1)c1ccccc1. The second-order valence-electron chi connectivity index (χ2n) is 9.41. The van der Waals surface area contributed by atoms with E-state index in [2.05, 4.69) is 81.4 Å². The third kappa shape index (κ3) is 5.11. The number of carboxylic acid groups (broad SMARTS) is 1. The van der Waals surface area contributed by atoms with Crippen LogP contribution in [0, 0.1) is 5.92 Å². The highest BCUT2D eigenvalue weighted by atomic mass is 28.4. The van der Waals surface area contributed by atoms with Gasteiger partial charge in [0, 0.05) is 12.2 Å². The Bertz CT molecular complexity index is 800. The second-order valence-corrected chi connectivity index (χ2v) is 13.7. The van der Waals surface area contributed by atoms with Gasteiger partial charge in [0.2, 0.25) is 0 Å². The molecule has 0 aliphatic heterocycles. The minimum atomic E-state index is -2.53. The lowest BCUT2D eigenvalue weighted by molar-refractivity contribution is -0.131. The fourth-order valence-corrected chi connectivity index (χ4v) is 9.59. The van der Waals surface area contributed by atoms with Crippen molar-refractivity contribution in [2.45, 2.75) is 64.0 Å². The molecular formula is C26H34O3Si. The van der Waals surface area contributed by atoms with Crippen molar-refractivity contribution in [3.8, 4) is 0 Å². The Morgan fingerprint density at radius 3 is 2.10 bits per heavy atom. The maximum Gasteiger partial charge on any atom is 0.327 e. The molecule has 4 heteroatoms. The van der Waals surface area contributed by atoms with E-state index in [1.165, 1.54) is 16.4 Å². The van der Waals surface area contributed by atoms with Gasteiger partial charge in [-0.25, -0.2) is 4.79 Å². The summed E-state index contributed by atoms with van der Waals surface area (Å²) in [7, 11) is -2.53. The van der Waals surface area contributed by atoms with Crippen molar-refractivity contribution in [1.29, 1.82) is 0 Å². The quantitative estimate of drug-likeness (QED) is 0.496. The highest BCUT2D eigenvalue weighted by Crippen LogP contribution is 2.40. The van der Waals surface area contributed by atoms with Crippen molar-refractivity contribution >= 4 is 24.7 Å². The zero-order valence-electron chi connectivity index (χ0n) is 18.4. The van der Waals surface area contributed by atoms with Crippen LogP contribution < -0.4 is 10.4 Å². The van der Waals surface area contributed by atoms with E-state index in [-0.39, 0.29) is 11.1 Å². The summed E-state index contributed by atoms with van der Waals surface area (Å²) in [5, 5.41) is 11.5. The first-order valence-corrected chi connectivity index (χ1v) is 12.9. The predicted molar refractivity (Wildman–Crippen MR) is 126 cm³/mol. The third-order valence-corrected chi connectivity index (χ3v) is 11.3. The van der Waals surface area contributed by atoms with Crippen LogP contribution in [0.25, 0.3) is 0 Å². The van der Waals surface area contributed by atoms with Gasteiger partial charge < -0.3 is 9.53 Å². The van der Waals surface area contributed by atoms with Crippen LogP contribution in [0.2, 0.25) is 5.04 Å². The molecule has 1 N–H and O–H groups in total. The van der Waals surface area contributed by atoms with Crippen molar-refractivity contribution in [1.82, 2.24) is 0 Å². The van der Waals surface area contributed by atoms with Gasteiger partial charge in [0.25, 0.3) is 8.32 Å². The molecule has 2 aromatic carbocycles. The van der Waals surface area contributed by atoms with Crippen LogP contribution in [-0.4, -0.2) is 25.5 Å². The van der Waals surface area contributed by atoms with Crippen molar-refractivity contribution in [3.63, 3.8) is 0 Å².